The summed E-state index contributed by atoms with van der Waals surface area (Å²) in [6.45, 7) is 2.56. The molecule has 0 aliphatic carbocycles. The van der Waals surface area contributed by atoms with Gasteiger partial charge < -0.3 is 5.73 Å². The average Bonchev–Trinajstić information content (AvgIpc) is 3.16. The van der Waals surface area contributed by atoms with Crippen LogP contribution in [0.4, 0.5) is 0 Å². The molecule has 0 saturated heterocycles. The van der Waals surface area contributed by atoms with E-state index in [9.17, 15) is 0 Å². The second kappa shape index (κ2) is 21.1. The van der Waals surface area contributed by atoms with Gasteiger partial charge >= 0.3 is 27.0 Å². The molecule has 1 heterocycles. The second-order valence-electron chi connectivity index (χ2n) is 10.9. The topological polar surface area (TPSA) is 38.9 Å². The molecular formula is C41H42ClN2P2Ru. The molecule has 1 aromatic heterocycles. The van der Waals surface area contributed by atoms with Crippen LogP contribution in [0.1, 0.15) is 24.1 Å². The fourth-order valence-electron chi connectivity index (χ4n) is 5.26. The van der Waals surface area contributed by atoms with Crippen molar-refractivity contribution in [2.24, 2.45) is 5.73 Å². The first kappa shape index (κ1) is 36.8. The minimum atomic E-state index is -0.283. The zero-order chi connectivity index (χ0) is 33.1. The molecule has 0 saturated carbocycles. The summed E-state index contributed by atoms with van der Waals surface area (Å²) in [5.74, 6) is 0. The van der Waals surface area contributed by atoms with E-state index in [1.807, 2.05) is 35.5 Å². The number of aryl methyl sites for hydroxylation is 1. The van der Waals surface area contributed by atoms with Crippen LogP contribution in [0, 0.1) is 6.92 Å². The predicted molar refractivity (Wildman–Crippen MR) is 205 cm³/mol. The largest absolute Gasteiger partial charge is 0.0622 e. The van der Waals surface area contributed by atoms with Crippen LogP contribution in [0.25, 0.3) is 11.3 Å². The third-order valence-corrected chi connectivity index (χ3v) is 12.9. The van der Waals surface area contributed by atoms with Crippen LogP contribution >= 0.6 is 25.5 Å². The van der Waals surface area contributed by atoms with E-state index in [1.165, 1.54) is 51.9 Å². The maximum absolute atomic E-state index is 5.56. The molecule has 6 aromatic rings. The Balaban J connectivity index is 0.000000246. The Morgan fingerprint density at radius 2 is 0.894 bits per heavy atom. The minimum absolute atomic E-state index is 0.283. The number of nitrogens with two attached hydrogens (primary N) is 1. The van der Waals surface area contributed by atoms with Gasteiger partial charge in [0.1, 0.15) is 0 Å². The van der Waals surface area contributed by atoms with Crippen molar-refractivity contribution in [3.05, 3.63) is 175 Å². The van der Waals surface area contributed by atoms with Gasteiger partial charge in [0.25, 0.3) is 0 Å². The molecule has 47 heavy (non-hydrogen) atoms. The molecule has 0 aliphatic rings. The number of hydrogen-bond acceptors (Lipinski definition) is 2. The number of pyridine rings is 1. The van der Waals surface area contributed by atoms with Crippen molar-refractivity contribution in [3.63, 3.8) is 0 Å². The van der Waals surface area contributed by atoms with Gasteiger partial charge in [-0.05, 0) is 81.3 Å². The fourth-order valence-corrected chi connectivity index (χ4v) is 10.1. The Labute approximate surface area is 298 Å². The Bertz CT molecular complexity index is 1530. The van der Waals surface area contributed by atoms with Crippen molar-refractivity contribution in [1.29, 1.82) is 0 Å². The summed E-state index contributed by atoms with van der Waals surface area (Å²) in [7, 11) is 4.00. The number of aromatic nitrogens is 1. The van der Waals surface area contributed by atoms with Gasteiger partial charge in [0.05, 0.1) is 11.4 Å². The summed E-state index contributed by atoms with van der Waals surface area (Å²) in [6.07, 6.45) is 5.06. The molecule has 0 unspecified atom stereocenters. The predicted octanol–water partition coefficient (Wildman–Crippen LogP) is 9.24. The number of hydrogen-bond donors (Lipinski definition) is 1. The maximum atomic E-state index is 5.56. The Morgan fingerprint density at radius 1 is 0.511 bits per heavy atom. The van der Waals surface area contributed by atoms with E-state index in [0.717, 1.165) is 17.0 Å². The first-order valence-corrected chi connectivity index (χ1v) is 21.1. The summed E-state index contributed by atoms with van der Waals surface area (Å²) in [5.41, 5.74) is 9.86. The van der Waals surface area contributed by atoms with Crippen molar-refractivity contribution in [2.45, 2.75) is 26.3 Å². The van der Waals surface area contributed by atoms with E-state index in [4.69, 9.17) is 5.73 Å². The van der Waals surface area contributed by atoms with Crippen molar-refractivity contribution in [2.75, 3.05) is 12.3 Å². The van der Waals surface area contributed by atoms with Gasteiger partial charge in [0.2, 0.25) is 0 Å². The molecule has 0 bridgehead atoms. The molecular weight excluding hydrogens is 719 g/mol. The van der Waals surface area contributed by atoms with Crippen LogP contribution in [0.3, 0.4) is 0 Å². The number of benzene rings is 5. The van der Waals surface area contributed by atoms with Gasteiger partial charge in [0.15, 0.2) is 0 Å². The van der Waals surface area contributed by atoms with Crippen molar-refractivity contribution in [3.8, 4) is 11.3 Å². The summed E-state index contributed by atoms with van der Waals surface area (Å²) >= 11 is 1.82. The van der Waals surface area contributed by atoms with E-state index in [2.05, 4.69) is 167 Å². The number of rotatable bonds is 11. The summed E-state index contributed by atoms with van der Waals surface area (Å²) in [4.78, 5) is 4.47. The van der Waals surface area contributed by atoms with Crippen molar-refractivity contribution in [1.82, 2.24) is 4.98 Å². The molecule has 0 spiro atoms. The van der Waals surface area contributed by atoms with Crippen LogP contribution in [-0.4, -0.2) is 17.3 Å². The first-order chi connectivity index (χ1) is 23.2. The van der Waals surface area contributed by atoms with E-state index in [-0.39, 0.29) is 15.8 Å². The van der Waals surface area contributed by atoms with Gasteiger partial charge in [0, 0.05) is 12.1 Å². The van der Waals surface area contributed by atoms with Crippen LogP contribution in [-0.2, 0) is 23.9 Å². The van der Waals surface area contributed by atoms with E-state index >= 15 is 0 Å². The van der Waals surface area contributed by atoms with Crippen molar-refractivity contribution < 1.29 is 17.3 Å². The number of nitrogens with zero attached hydrogens (tertiary/aromatic N) is 1. The third kappa shape index (κ3) is 11.9. The second-order valence-corrected chi connectivity index (χ2v) is 15.6. The van der Waals surface area contributed by atoms with Crippen LogP contribution in [0.15, 0.2) is 164 Å². The molecule has 2 N–H and O–H groups in total. The average molecular weight is 761 g/mol. The first-order valence-electron chi connectivity index (χ1n) is 15.8. The molecule has 0 amide bonds. The number of halogens is 1. The van der Waals surface area contributed by atoms with Gasteiger partial charge in [-0.25, -0.2) is 0 Å². The van der Waals surface area contributed by atoms with Crippen molar-refractivity contribution >= 4 is 46.8 Å². The normalized spacial score (nSPS) is 10.5. The summed E-state index contributed by atoms with van der Waals surface area (Å²) in [5, 5.41) is 5.97. The molecule has 0 radical (unpaired) electrons. The molecule has 2 nitrogen and oxygen atoms in total. The molecule has 6 heteroatoms. The standard InChI is InChI=1S/C28H28P2.C13H14N2.ClH.Ru/c1-5-15-25(16-6-1)29(26-17-7-2-8-18-26)23-13-14-24-30(27-19-9-3-10-20-27)28-21-11-4-12-22-28;1-10-5-7-11(8-6-10)13-4-2-3-12(9-14)15-13;;/h1-12,15-22H,13-14,23-24H2;2-8H,9,14H2,1H3;1H;/q;;;+1/p-1. The monoisotopic (exact) mass is 761 g/mol. The molecule has 0 aliphatic heterocycles. The Hall–Kier alpha value is -3.02. The molecule has 0 fully saturated rings. The molecule has 0 atom stereocenters. The third-order valence-electron chi connectivity index (χ3n) is 7.65. The minimum Gasteiger partial charge on any atom is -0.0622 e. The summed E-state index contributed by atoms with van der Waals surface area (Å²) < 4.78 is 0. The fraction of sp³-hybridized carbons (Fsp3) is 0.146. The van der Waals surface area contributed by atoms with Gasteiger partial charge in [-0.2, -0.15) is 0 Å². The smallest absolute Gasteiger partial charge is 0.0195 e. The maximum Gasteiger partial charge on any atom is -0.0195 e. The zero-order valence-corrected chi connectivity index (χ0v) is 31.1. The van der Waals surface area contributed by atoms with Gasteiger partial charge in [-0.15, -0.1) is 0 Å². The van der Waals surface area contributed by atoms with Gasteiger partial charge in [-0.3, -0.25) is 4.98 Å². The van der Waals surface area contributed by atoms with Crippen LogP contribution < -0.4 is 27.0 Å². The number of unbranched alkanes of at least 4 members (excludes halogenated alkanes) is 1. The SMILES string of the molecule is Cc1ccc(-c2cccc(CN)n2)cc1.[Cl][Ru].c1ccc(P(CCCCP(c2ccccc2)c2ccccc2)c2ccccc2)cc1. The molecule has 241 valence electrons. The quantitative estimate of drug-likeness (QED) is 0.0813. The van der Waals surface area contributed by atoms with Crippen LogP contribution in [0.2, 0.25) is 0 Å². The van der Waals surface area contributed by atoms with Gasteiger partial charge in [-0.1, -0.05) is 157 Å². The molecule has 6 rings (SSSR count). The van der Waals surface area contributed by atoms with E-state index in [1.54, 1.807) is 0 Å². The Morgan fingerprint density at radius 3 is 1.26 bits per heavy atom. The van der Waals surface area contributed by atoms with Crippen LogP contribution in [0.5, 0.6) is 0 Å². The summed E-state index contributed by atoms with van der Waals surface area (Å²) in [6, 6.07) is 58.6. The Kier molecular flexibility index (Phi) is 16.5. The molecule has 5 aromatic carbocycles. The van der Waals surface area contributed by atoms with E-state index < -0.39 is 0 Å². The van der Waals surface area contributed by atoms with E-state index in [0.29, 0.717) is 6.54 Å². The zero-order valence-electron chi connectivity index (χ0n) is 26.8.